The summed E-state index contributed by atoms with van der Waals surface area (Å²) in [7, 11) is 0. The Hall–Kier alpha value is -1.42. The molecular formula is C16H24N2OS. The summed E-state index contributed by atoms with van der Waals surface area (Å²) >= 11 is 5.07. The maximum absolute atomic E-state index is 12.4. The highest BCUT2D eigenvalue weighted by Gasteiger charge is 2.28. The van der Waals surface area contributed by atoms with E-state index in [1.54, 1.807) is 0 Å². The summed E-state index contributed by atoms with van der Waals surface area (Å²) in [5.41, 5.74) is 6.63. The van der Waals surface area contributed by atoms with Crippen molar-refractivity contribution in [2.24, 2.45) is 11.7 Å². The normalized spacial score (nSPS) is 12.8. The highest BCUT2D eigenvalue weighted by atomic mass is 32.1. The van der Waals surface area contributed by atoms with Gasteiger partial charge in [0.05, 0.1) is 10.9 Å². The molecule has 0 radical (unpaired) electrons. The van der Waals surface area contributed by atoms with Crippen LogP contribution in [0.25, 0.3) is 0 Å². The van der Waals surface area contributed by atoms with E-state index in [0.717, 1.165) is 18.4 Å². The van der Waals surface area contributed by atoms with Crippen LogP contribution in [0.1, 0.15) is 39.2 Å². The third-order valence-corrected chi connectivity index (χ3v) is 4.21. The Morgan fingerprint density at radius 1 is 1.30 bits per heavy atom. The molecule has 1 amide bonds. The van der Waals surface area contributed by atoms with Gasteiger partial charge in [-0.1, -0.05) is 56.4 Å². The lowest BCUT2D eigenvalue weighted by Crippen LogP contribution is -2.50. The smallest absolute Gasteiger partial charge is 0.230 e. The van der Waals surface area contributed by atoms with Gasteiger partial charge < -0.3 is 11.1 Å². The van der Waals surface area contributed by atoms with Gasteiger partial charge in [0.1, 0.15) is 0 Å². The molecule has 1 atom stereocenters. The predicted octanol–water partition coefficient (Wildman–Crippen LogP) is 2.83. The zero-order chi connectivity index (χ0) is 15.2. The molecular weight excluding hydrogens is 268 g/mol. The molecule has 20 heavy (non-hydrogen) atoms. The predicted molar refractivity (Wildman–Crippen MR) is 87.6 cm³/mol. The molecule has 0 spiro atoms. The van der Waals surface area contributed by atoms with Gasteiger partial charge in [-0.25, -0.2) is 0 Å². The average molecular weight is 292 g/mol. The fourth-order valence-electron chi connectivity index (χ4n) is 1.98. The van der Waals surface area contributed by atoms with Crippen LogP contribution in [0.3, 0.4) is 0 Å². The standard InChI is InChI=1S/C16H24N2OS/c1-4-16(3,5-2)18-15(19)13(14(17)20)11-12-9-7-6-8-10-12/h6-10,13H,4-5,11H2,1-3H3,(H2,17,20)(H,18,19). The molecule has 0 fully saturated rings. The minimum Gasteiger partial charge on any atom is -0.393 e. The molecule has 0 saturated heterocycles. The second kappa shape index (κ2) is 7.39. The first kappa shape index (κ1) is 16.6. The van der Waals surface area contributed by atoms with Crippen molar-refractivity contribution in [3.8, 4) is 0 Å². The minimum atomic E-state index is -0.454. The van der Waals surface area contributed by atoms with Crippen molar-refractivity contribution in [2.75, 3.05) is 0 Å². The molecule has 3 N–H and O–H groups in total. The van der Waals surface area contributed by atoms with Crippen LogP contribution in [0.4, 0.5) is 0 Å². The molecule has 1 aromatic rings. The van der Waals surface area contributed by atoms with Crippen LogP contribution in [0, 0.1) is 5.92 Å². The van der Waals surface area contributed by atoms with Gasteiger partial charge in [-0.05, 0) is 31.7 Å². The third-order valence-electron chi connectivity index (χ3n) is 3.93. The lowest BCUT2D eigenvalue weighted by Gasteiger charge is -2.30. The van der Waals surface area contributed by atoms with Gasteiger partial charge in [0.15, 0.2) is 0 Å². The van der Waals surface area contributed by atoms with Gasteiger partial charge >= 0.3 is 0 Å². The monoisotopic (exact) mass is 292 g/mol. The largest absolute Gasteiger partial charge is 0.393 e. The van der Waals surface area contributed by atoms with Crippen LogP contribution in [-0.4, -0.2) is 16.4 Å². The molecule has 0 aliphatic carbocycles. The molecule has 0 aliphatic rings. The minimum absolute atomic E-state index is 0.0763. The van der Waals surface area contributed by atoms with E-state index in [4.69, 9.17) is 18.0 Å². The number of carbonyl (C=O) groups is 1. The van der Waals surface area contributed by atoms with Crippen molar-refractivity contribution in [1.29, 1.82) is 0 Å². The van der Waals surface area contributed by atoms with Crippen LogP contribution in [0.15, 0.2) is 30.3 Å². The van der Waals surface area contributed by atoms with Crippen molar-refractivity contribution in [1.82, 2.24) is 5.32 Å². The van der Waals surface area contributed by atoms with Gasteiger partial charge in [-0.3, -0.25) is 4.79 Å². The Balaban J connectivity index is 2.81. The number of amides is 1. The second-order valence-corrected chi connectivity index (χ2v) is 5.87. The summed E-state index contributed by atoms with van der Waals surface area (Å²) in [6.45, 7) is 6.18. The Morgan fingerprint density at radius 3 is 2.30 bits per heavy atom. The summed E-state index contributed by atoms with van der Waals surface area (Å²) in [5.74, 6) is -0.530. The Morgan fingerprint density at radius 2 is 1.85 bits per heavy atom. The number of nitrogens with two attached hydrogens (primary N) is 1. The van der Waals surface area contributed by atoms with Crippen molar-refractivity contribution < 1.29 is 4.79 Å². The highest BCUT2D eigenvalue weighted by Crippen LogP contribution is 2.16. The van der Waals surface area contributed by atoms with Crippen LogP contribution in [0.2, 0.25) is 0 Å². The fraction of sp³-hybridized carbons (Fsp3) is 0.500. The molecule has 0 aromatic heterocycles. The number of hydrogen-bond acceptors (Lipinski definition) is 2. The van der Waals surface area contributed by atoms with Crippen molar-refractivity contribution in [3.63, 3.8) is 0 Å². The highest BCUT2D eigenvalue weighted by molar-refractivity contribution is 7.80. The Bertz CT molecular complexity index is 455. The van der Waals surface area contributed by atoms with Gasteiger partial charge in [0.25, 0.3) is 0 Å². The first-order chi connectivity index (χ1) is 9.41. The summed E-state index contributed by atoms with van der Waals surface area (Å²) in [6, 6.07) is 9.82. The van der Waals surface area contributed by atoms with Crippen molar-refractivity contribution >= 4 is 23.1 Å². The van der Waals surface area contributed by atoms with E-state index in [-0.39, 0.29) is 16.4 Å². The van der Waals surface area contributed by atoms with Crippen LogP contribution in [-0.2, 0) is 11.2 Å². The van der Waals surface area contributed by atoms with E-state index in [2.05, 4.69) is 19.2 Å². The lowest BCUT2D eigenvalue weighted by molar-refractivity contribution is -0.124. The molecule has 4 heteroatoms. The molecule has 1 unspecified atom stereocenters. The number of thiocarbonyl (C=S) groups is 1. The number of carbonyl (C=O) groups excluding carboxylic acids is 1. The van der Waals surface area contributed by atoms with Crippen LogP contribution < -0.4 is 11.1 Å². The second-order valence-electron chi connectivity index (χ2n) is 5.40. The zero-order valence-corrected chi connectivity index (χ0v) is 13.3. The number of benzene rings is 1. The van der Waals surface area contributed by atoms with Gasteiger partial charge in [-0.15, -0.1) is 0 Å². The summed E-state index contributed by atoms with van der Waals surface area (Å²) in [5, 5.41) is 3.09. The van der Waals surface area contributed by atoms with E-state index in [9.17, 15) is 4.79 Å². The average Bonchev–Trinajstić information content (AvgIpc) is 2.45. The van der Waals surface area contributed by atoms with Crippen LogP contribution in [0.5, 0.6) is 0 Å². The third kappa shape index (κ3) is 4.60. The fourth-order valence-corrected chi connectivity index (χ4v) is 2.17. The molecule has 0 aliphatic heterocycles. The molecule has 3 nitrogen and oxygen atoms in total. The molecule has 110 valence electrons. The van der Waals surface area contributed by atoms with Crippen molar-refractivity contribution in [3.05, 3.63) is 35.9 Å². The number of nitrogens with one attached hydrogen (secondary N) is 1. The zero-order valence-electron chi connectivity index (χ0n) is 12.5. The lowest BCUT2D eigenvalue weighted by atomic mass is 9.92. The number of hydrogen-bond donors (Lipinski definition) is 2. The van der Waals surface area contributed by atoms with Crippen LogP contribution >= 0.6 is 12.2 Å². The first-order valence-electron chi connectivity index (χ1n) is 7.07. The van der Waals surface area contributed by atoms with E-state index < -0.39 is 5.92 Å². The van der Waals surface area contributed by atoms with Gasteiger partial charge in [-0.2, -0.15) is 0 Å². The summed E-state index contributed by atoms with van der Waals surface area (Å²) in [6.07, 6.45) is 2.31. The maximum atomic E-state index is 12.4. The SMILES string of the molecule is CCC(C)(CC)NC(=O)C(Cc1ccccc1)C(N)=S. The molecule has 0 bridgehead atoms. The molecule has 1 aromatic carbocycles. The van der Waals surface area contributed by atoms with E-state index in [1.165, 1.54) is 0 Å². The number of rotatable bonds is 7. The first-order valence-corrected chi connectivity index (χ1v) is 7.48. The van der Waals surface area contributed by atoms with Gasteiger partial charge in [0, 0.05) is 5.54 Å². The van der Waals surface area contributed by atoms with Gasteiger partial charge in [0.2, 0.25) is 5.91 Å². The summed E-state index contributed by atoms with van der Waals surface area (Å²) < 4.78 is 0. The quantitative estimate of drug-likeness (QED) is 0.760. The molecule has 0 heterocycles. The van der Waals surface area contributed by atoms with E-state index in [1.807, 2.05) is 37.3 Å². The van der Waals surface area contributed by atoms with Crippen molar-refractivity contribution in [2.45, 2.75) is 45.6 Å². The summed E-state index contributed by atoms with van der Waals surface area (Å²) in [4.78, 5) is 12.7. The molecule has 1 rings (SSSR count). The van der Waals surface area contributed by atoms with E-state index in [0.29, 0.717) is 6.42 Å². The maximum Gasteiger partial charge on any atom is 0.230 e. The Labute approximate surface area is 126 Å². The topological polar surface area (TPSA) is 55.1 Å². The Kier molecular flexibility index (Phi) is 6.14. The molecule has 0 saturated carbocycles. The van der Waals surface area contributed by atoms with E-state index >= 15 is 0 Å².